The average Bonchev–Trinajstić information content (AvgIpc) is 3.10. The Morgan fingerprint density at radius 1 is 1.00 bits per heavy atom. The average molecular weight is 401 g/mol. The van der Waals surface area contributed by atoms with E-state index < -0.39 is 0 Å². The van der Waals surface area contributed by atoms with Gasteiger partial charge in [-0.25, -0.2) is 0 Å². The van der Waals surface area contributed by atoms with E-state index in [-0.39, 0.29) is 17.7 Å². The fourth-order valence-corrected chi connectivity index (χ4v) is 3.24. The van der Waals surface area contributed by atoms with Crippen LogP contribution in [0.3, 0.4) is 0 Å². The molecule has 2 N–H and O–H groups in total. The molecule has 0 fully saturated rings. The molecule has 0 aliphatic rings. The maximum atomic E-state index is 12.4. The second-order valence-corrected chi connectivity index (χ2v) is 7.45. The molecule has 27 heavy (non-hydrogen) atoms. The van der Waals surface area contributed by atoms with Crippen molar-refractivity contribution in [2.75, 3.05) is 10.6 Å². The van der Waals surface area contributed by atoms with Crippen molar-refractivity contribution < 1.29 is 9.59 Å². The molecule has 0 bridgehead atoms. The van der Waals surface area contributed by atoms with Gasteiger partial charge in [-0.2, -0.15) is 0 Å². The van der Waals surface area contributed by atoms with E-state index in [1.165, 1.54) is 11.3 Å². The Balaban J connectivity index is 1.67. The van der Waals surface area contributed by atoms with Gasteiger partial charge in [0.25, 0.3) is 5.91 Å². The maximum Gasteiger partial charge on any atom is 0.257 e. The van der Waals surface area contributed by atoms with Crippen molar-refractivity contribution in [3.8, 4) is 10.6 Å². The Morgan fingerprint density at radius 3 is 2.37 bits per heavy atom. The zero-order valence-corrected chi connectivity index (χ0v) is 16.3. The van der Waals surface area contributed by atoms with Crippen LogP contribution in [-0.4, -0.2) is 22.0 Å². The third-order valence-electron chi connectivity index (χ3n) is 3.69. The second kappa shape index (κ2) is 8.28. The van der Waals surface area contributed by atoms with Gasteiger partial charge in [0.05, 0.1) is 5.02 Å². The van der Waals surface area contributed by atoms with Crippen LogP contribution < -0.4 is 10.6 Å². The monoisotopic (exact) mass is 400 g/mol. The number of amides is 2. The van der Waals surface area contributed by atoms with E-state index in [0.29, 0.717) is 26.4 Å². The first kappa shape index (κ1) is 19.0. The van der Waals surface area contributed by atoms with Gasteiger partial charge in [0.15, 0.2) is 5.01 Å². The summed E-state index contributed by atoms with van der Waals surface area (Å²) in [6.07, 6.45) is 0. The van der Waals surface area contributed by atoms with Crippen molar-refractivity contribution in [3.05, 3.63) is 59.1 Å². The highest BCUT2D eigenvalue weighted by Crippen LogP contribution is 2.31. The molecule has 0 unspecified atom stereocenters. The van der Waals surface area contributed by atoms with Crippen LogP contribution in [0.5, 0.6) is 0 Å². The Kier molecular flexibility index (Phi) is 5.83. The Morgan fingerprint density at radius 2 is 1.70 bits per heavy atom. The molecule has 3 rings (SSSR count). The standard InChI is InChI=1S/C19H17ClN4O2S/c1-11(2)16(25)21-13-9-7-12(8-10-13)17(26)22-19-24-23-18(27-19)14-5-3-4-6-15(14)20/h3-11H,1-2H3,(H,21,25)(H,22,24,26). The lowest BCUT2D eigenvalue weighted by Crippen LogP contribution is -2.18. The predicted molar refractivity (Wildman–Crippen MR) is 108 cm³/mol. The summed E-state index contributed by atoms with van der Waals surface area (Å²) >= 11 is 7.40. The van der Waals surface area contributed by atoms with Crippen LogP contribution in [0.2, 0.25) is 5.02 Å². The molecule has 0 radical (unpaired) electrons. The third-order valence-corrected chi connectivity index (χ3v) is 4.89. The zero-order chi connectivity index (χ0) is 19.4. The molecule has 0 aliphatic heterocycles. The maximum absolute atomic E-state index is 12.4. The fourth-order valence-electron chi connectivity index (χ4n) is 2.18. The van der Waals surface area contributed by atoms with Crippen molar-refractivity contribution in [1.82, 2.24) is 10.2 Å². The minimum Gasteiger partial charge on any atom is -0.326 e. The van der Waals surface area contributed by atoms with E-state index in [4.69, 9.17) is 11.6 Å². The number of nitrogens with one attached hydrogen (secondary N) is 2. The van der Waals surface area contributed by atoms with Crippen LogP contribution >= 0.6 is 22.9 Å². The first-order valence-electron chi connectivity index (χ1n) is 8.24. The van der Waals surface area contributed by atoms with Crippen LogP contribution in [0, 0.1) is 5.92 Å². The highest BCUT2D eigenvalue weighted by atomic mass is 35.5. The molecular weight excluding hydrogens is 384 g/mol. The van der Waals surface area contributed by atoms with Gasteiger partial charge < -0.3 is 5.32 Å². The Hall–Kier alpha value is -2.77. The van der Waals surface area contributed by atoms with Gasteiger partial charge in [-0.05, 0) is 30.3 Å². The van der Waals surface area contributed by atoms with Crippen molar-refractivity contribution in [1.29, 1.82) is 0 Å². The van der Waals surface area contributed by atoms with Gasteiger partial charge in [-0.15, -0.1) is 10.2 Å². The summed E-state index contributed by atoms with van der Waals surface area (Å²) in [5.74, 6) is -0.496. The zero-order valence-electron chi connectivity index (χ0n) is 14.7. The molecule has 0 aliphatic carbocycles. The van der Waals surface area contributed by atoms with E-state index in [1.807, 2.05) is 32.0 Å². The van der Waals surface area contributed by atoms with Crippen LogP contribution in [0.25, 0.3) is 10.6 Å². The Bertz CT molecular complexity index is 970. The van der Waals surface area contributed by atoms with Crippen LogP contribution in [-0.2, 0) is 4.79 Å². The number of nitrogens with zero attached hydrogens (tertiary/aromatic N) is 2. The second-order valence-electron chi connectivity index (χ2n) is 6.07. The summed E-state index contributed by atoms with van der Waals surface area (Å²) in [5.41, 5.74) is 1.86. The first-order valence-corrected chi connectivity index (χ1v) is 9.44. The molecule has 0 saturated heterocycles. The van der Waals surface area contributed by atoms with Gasteiger partial charge >= 0.3 is 0 Å². The highest BCUT2D eigenvalue weighted by molar-refractivity contribution is 7.18. The van der Waals surface area contributed by atoms with Gasteiger partial charge in [0.1, 0.15) is 0 Å². The van der Waals surface area contributed by atoms with Crippen molar-refractivity contribution in [3.63, 3.8) is 0 Å². The minimum absolute atomic E-state index is 0.0758. The Labute approximate surface area is 165 Å². The van der Waals surface area contributed by atoms with Crippen LogP contribution in [0.4, 0.5) is 10.8 Å². The molecule has 8 heteroatoms. The van der Waals surface area contributed by atoms with Gasteiger partial charge in [-0.3, -0.25) is 14.9 Å². The van der Waals surface area contributed by atoms with Crippen LogP contribution in [0.1, 0.15) is 24.2 Å². The molecule has 1 heterocycles. The number of carbonyl (C=O) groups is 2. The number of carbonyl (C=O) groups excluding carboxylic acids is 2. The normalized spacial score (nSPS) is 10.7. The molecule has 0 atom stereocenters. The van der Waals surface area contributed by atoms with Crippen molar-refractivity contribution in [2.24, 2.45) is 5.92 Å². The summed E-state index contributed by atoms with van der Waals surface area (Å²) in [6, 6.07) is 14.0. The van der Waals surface area contributed by atoms with Gasteiger partial charge in [0, 0.05) is 22.7 Å². The molecule has 0 saturated carbocycles. The predicted octanol–water partition coefficient (Wildman–Crippen LogP) is 4.71. The first-order chi connectivity index (χ1) is 12.9. The minimum atomic E-state index is -0.307. The number of halogens is 1. The summed E-state index contributed by atoms with van der Waals surface area (Å²) in [4.78, 5) is 24.1. The number of benzene rings is 2. The van der Waals surface area contributed by atoms with Gasteiger partial charge in [-0.1, -0.05) is 55.0 Å². The van der Waals surface area contributed by atoms with E-state index in [9.17, 15) is 9.59 Å². The van der Waals surface area contributed by atoms with Crippen molar-refractivity contribution in [2.45, 2.75) is 13.8 Å². The number of aromatic nitrogens is 2. The molecule has 6 nitrogen and oxygen atoms in total. The van der Waals surface area contributed by atoms with Gasteiger partial charge in [0.2, 0.25) is 11.0 Å². The summed E-state index contributed by atoms with van der Waals surface area (Å²) < 4.78 is 0. The number of hydrogen-bond acceptors (Lipinski definition) is 5. The SMILES string of the molecule is CC(C)C(=O)Nc1ccc(C(=O)Nc2nnc(-c3ccccc3Cl)s2)cc1. The van der Waals surface area contributed by atoms with E-state index in [0.717, 1.165) is 5.56 Å². The van der Waals surface area contributed by atoms with Crippen molar-refractivity contribution >= 4 is 45.6 Å². The topological polar surface area (TPSA) is 84.0 Å². The lowest BCUT2D eigenvalue weighted by Gasteiger charge is -2.08. The molecule has 2 amide bonds. The lowest BCUT2D eigenvalue weighted by atomic mass is 10.1. The summed E-state index contributed by atoms with van der Waals surface area (Å²) in [6.45, 7) is 3.63. The smallest absolute Gasteiger partial charge is 0.257 e. The number of anilines is 2. The summed E-state index contributed by atoms with van der Waals surface area (Å²) in [5, 5.41) is 15.2. The molecular formula is C19H17ClN4O2S. The highest BCUT2D eigenvalue weighted by Gasteiger charge is 2.13. The van der Waals surface area contributed by atoms with E-state index >= 15 is 0 Å². The van der Waals surface area contributed by atoms with E-state index in [1.54, 1.807) is 30.3 Å². The fraction of sp³-hybridized carbons (Fsp3) is 0.158. The van der Waals surface area contributed by atoms with E-state index in [2.05, 4.69) is 20.8 Å². The third kappa shape index (κ3) is 4.69. The number of hydrogen-bond donors (Lipinski definition) is 2. The molecule has 2 aromatic carbocycles. The molecule has 0 spiro atoms. The quantitative estimate of drug-likeness (QED) is 0.649. The molecule has 1 aromatic heterocycles. The largest absolute Gasteiger partial charge is 0.326 e. The van der Waals surface area contributed by atoms with Crippen LogP contribution in [0.15, 0.2) is 48.5 Å². The number of rotatable bonds is 5. The lowest BCUT2D eigenvalue weighted by molar-refractivity contribution is -0.118. The summed E-state index contributed by atoms with van der Waals surface area (Å²) in [7, 11) is 0. The molecule has 138 valence electrons. The molecule has 3 aromatic rings.